The maximum absolute atomic E-state index is 14.1. The standard InChI is InChI=1S/C22H15FN8/c23-17-2-1-8-24-20(17)13-30-21(7-9-26-30)14-4-6-18-22(10-14)31(29-28-18)16-5-3-15-12-25-27-19(15)11-16/h1-12H,13H2,(H,25,27). The third-order valence-electron chi connectivity index (χ3n) is 5.26. The third kappa shape index (κ3) is 2.94. The molecule has 31 heavy (non-hydrogen) atoms. The summed E-state index contributed by atoms with van der Waals surface area (Å²) >= 11 is 0. The largest absolute Gasteiger partial charge is 0.278 e. The van der Waals surface area contributed by atoms with Gasteiger partial charge < -0.3 is 0 Å². The molecule has 150 valence electrons. The quantitative estimate of drug-likeness (QED) is 0.478. The third-order valence-corrected chi connectivity index (χ3v) is 5.26. The molecule has 4 aromatic heterocycles. The average molecular weight is 410 g/mol. The van der Waals surface area contributed by atoms with E-state index >= 15 is 0 Å². The van der Waals surface area contributed by atoms with Gasteiger partial charge in [-0.05, 0) is 48.5 Å². The number of halogens is 1. The number of nitrogens with zero attached hydrogens (tertiary/aromatic N) is 7. The van der Waals surface area contributed by atoms with Crippen LogP contribution >= 0.6 is 0 Å². The lowest BCUT2D eigenvalue weighted by Crippen LogP contribution is -2.07. The SMILES string of the molecule is Fc1cccnc1Cn1nccc1-c1ccc2nnn(-c3ccc4cn[nH]c4c3)c2c1. The number of aromatic amines is 1. The zero-order valence-electron chi connectivity index (χ0n) is 16.1. The molecule has 2 aromatic carbocycles. The first-order valence-corrected chi connectivity index (χ1v) is 9.67. The highest BCUT2D eigenvalue weighted by Gasteiger charge is 2.13. The van der Waals surface area contributed by atoms with E-state index in [0.717, 1.165) is 38.9 Å². The van der Waals surface area contributed by atoms with Crippen LogP contribution in [0.2, 0.25) is 0 Å². The van der Waals surface area contributed by atoms with Crippen molar-refractivity contribution in [3.63, 3.8) is 0 Å². The minimum atomic E-state index is -0.351. The summed E-state index contributed by atoms with van der Waals surface area (Å²) in [4.78, 5) is 4.14. The molecule has 0 saturated heterocycles. The van der Waals surface area contributed by atoms with Crippen molar-refractivity contribution in [3.8, 4) is 16.9 Å². The minimum absolute atomic E-state index is 0.237. The van der Waals surface area contributed by atoms with Gasteiger partial charge in [0.1, 0.15) is 11.3 Å². The van der Waals surface area contributed by atoms with Crippen LogP contribution in [0.1, 0.15) is 5.69 Å². The van der Waals surface area contributed by atoms with Crippen molar-refractivity contribution >= 4 is 21.9 Å². The fourth-order valence-electron chi connectivity index (χ4n) is 3.71. The van der Waals surface area contributed by atoms with Gasteiger partial charge in [-0.15, -0.1) is 5.10 Å². The fraction of sp³-hybridized carbons (Fsp3) is 0.0455. The van der Waals surface area contributed by atoms with Gasteiger partial charge in [-0.25, -0.2) is 9.07 Å². The summed E-state index contributed by atoms with van der Waals surface area (Å²) in [6, 6.07) is 16.7. The highest BCUT2D eigenvalue weighted by molar-refractivity contribution is 5.84. The fourth-order valence-corrected chi connectivity index (χ4v) is 3.71. The Balaban J connectivity index is 1.43. The average Bonchev–Trinajstić information content (AvgIpc) is 3.53. The maximum atomic E-state index is 14.1. The summed E-state index contributed by atoms with van der Waals surface area (Å²) in [6.07, 6.45) is 5.05. The van der Waals surface area contributed by atoms with Gasteiger partial charge >= 0.3 is 0 Å². The molecule has 8 nitrogen and oxygen atoms in total. The van der Waals surface area contributed by atoms with Crippen LogP contribution in [0.5, 0.6) is 0 Å². The molecule has 0 aliphatic rings. The van der Waals surface area contributed by atoms with Gasteiger partial charge in [-0.3, -0.25) is 14.8 Å². The van der Waals surface area contributed by atoms with E-state index in [-0.39, 0.29) is 12.4 Å². The molecule has 9 heteroatoms. The second-order valence-corrected chi connectivity index (χ2v) is 7.15. The molecule has 0 aliphatic heterocycles. The molecule has 0 saturated carbocycles. The second-order valence-electron chi connectivity index (χ2n) is 7.15. The van der Waals surface area contributed by atoms with Crippen molar-refractivity contribution in [1.82, 2.24) is 40.0 Å². The number of rotatable bonds is 4. The van der Waals surface area contributed by atoms with E-state index < -0.39 is 0 Å². The summed E-state index contributed by atoms with van der Waals surface area (Å²) in [6.45, 7) is 0.237. The van der Waals surface area contributed by atoms with Crippen LogP contribution in [0.15, 0.2) is 73.2 Å². The molecule has 0 spiro atoms. The number of H-pyrrole nitrogens is 1. The smallest absolute Gasteiger partial charge is 0.146 e. The van der Waals surface area contributed by atoms with Crippen molar-refractivity contribution in [2.24, 2.45) is 0 Å². The molecule has 4 heterocycles. The van der Waals surface area contributed by atoms with E-state index in [0.29, 0.717) is 5.69 Å². The molecule has 0 amide bonds. The lowest BCUT2D eigenvalue weighted by atomic mass is 10.1. The topological polar surface area (TPSA) is 90.1 Å². The molecule has 0 atom stereocenters. The van der Waals surface area contributed by atoms with Gasteiger partial charge in [0.2, 0.25) is 0 Å². The van der Waals surface area contributed by atoms with Crippen molar-refractivity contribution in [3.05, 3.63) is 84.7 Å². The predicted molar refractivity (Wildman–Crippen MR) is 113 cm³/mol. The molecule has 0 aliphatic carbocycles. The Hall–Kier alpha value is -4.40. The van der Waals surface area contributed by atoms with E-state index in [9.17, 15) is 4.39 Å². The Labute approximate surface area is 175 Å². The number of hydrogen-bond donors (Lipinski definition) is 1. The van der Waals surface area contributed by atoms with Crippen LogP contribution in [0, 0.1) is 5.82 Å². The van der Waals surface area contributed by atoms with Crippen molar-refractivity contribution < 1.29 is 4.39 Å². The number of benzene rings is 2. The number of aromatic nitrogens is 8. The Morgan fingerprint density at radius 2 is 1.97 bits per heavy atom. The van der Waals surface area contributed by atoms with Gasteiger partial charge in [-0.2, -0.15) is 10.2 Å². The van der Waals surface area contributed by atoms with Gasteiger partial charge in [-0.1, -0.05) is 11.3 Å². The summed E-state index contributed by atoms with van der Waals surface area (Å²) in [5, 5.41) is 21.1. The van der Waals surface area contributed by atoms with E-state index in [1.54, 1.807) is 34.0 Å². The Kier molecular flexibility index (Phi) is 3.85. The molecule has 0 radical (unpaired) electrons. The number of hydrogen-bond acceptors (Lipinski definition) is 5. The normalized spacial score (nSPS) is 11.5. The van der Waals surface area contributed by atoms with Crippen LogP contribution in [0.4, 0.5) is 4.39 Å². The van der Waals surface area contributed by atoms with E-state index in [1.165, 1.54) is 6.07 Å². The van der Waals surface area contributed by atoms with Crippen LogP contribution in [0.3, 0.4) is 0 Å². The molecule has 0 bridgehead atoms. The first-order valence-electron chi connectivity index (χ1n) is 9.67. The lowest BCUT2D eigenvalue weighted by Gasteiger charge is -2.09. The predicted octanol–water partition coefficient (Wildman–Crippen LogP) is 3.74. The van der Waals surface area contributed by atoms with Crippen molar-refractivity contribution in [1.29, 1.82) is 0 Å². The summed E-state index contributed by atoms with van der Waals surface area (Å²) in [7, 11) is 0. The Bertz CT molecular complexity index is 1540. The molecule has 0 unspecified atom stereocenters. The monoisotopic (exact) mass is 410 g/mol. The van der Waals surface area contributed by atoms with Crippen LogP contribution in [-0.2, 0) is 6.54 Å². The molecule has 6 rings (SSSR count). The van der Waals surface area contributed by atoms with Crippen LogP contribution in [0.25, 0.3) is 38.9 Å². The lowest BCUT2D eigenvalue weighted by molar-refractivity contribution is 0.573. The molecular formula is C22H15FN8. The minimum Gasteiger partial charge on any atom is -0.278 e. The summed E-state index contributed by atoms with van der Waals surface area (Å²) in [5.74, 6) is -0.351. The van der Waals surface area contributed by atoms with Gasteiger partial charge in [0.25, 0.3) is 0 Å². The highest BCUT2D eigenvalue weighted by Crippen LogP contribution is 2.26. The zero-order chi connectivity index (χ0) is 20.8. The molecule has 1 N–H and O–H groups in total. The molecule has 0 fully saturated rings. The first-order chi connectivity index (χ1) is 15.3. The Morgan fingerprint density at radius 1 is 1.00 bits per heavy atom. The zero-order valence-corrected chi connectivity index (χ0v) is 16.1. The van der Waals surface area contributed by atoms with Gasteiger partial charge in [0.15, 0.2) is 0 Å². The van der Waals surface area contributed by atoms with E-state index in [1.807, 2.05) is 42.5 Å². The number of pyridine rings is 1. The van der Waals surface area contributed by atoms with E-state index in [4.69, 9.17) is 0 Å². The van der Waals surface area contributed by atoms with Gasteiger partial charge in [0.05, 0.1) is 40.9 Å². The molecule has 6 aromatic rings. The Morgan fingerprint density at radius 3 is 2.90 bits per heavy atom. The molecular weight excluding hydrogens is 395 g/mol. The number of nitrogens with one attached hydrogen (secondary N) is 1. The highest BCUT2D eigenvalue weighted by atomic mass is 19.1. The summed E-state index contributed by atoms with van der Waals surface area (Å²) < 4.78 is 17.6. The van der Waals surface area contributed by atoms with Gasteiger partial charge in [0, 0.05) is 23.3 Å². The number of fused-ring (bicyclic) bond motifs is 2. The van der Waals surface area contributed by atoms with Crippen molar-refractivity contribution in [2.45, 2.75) is 6.54 Å². The van der Waals surface area contributed by atoms with Crippen molar-refractivity contribution in [2.75, 3.05) is 0 Å². The van der Waals surface area contributed by atoms with Crippen LogP contribution in [-0.4, -0.2) is 40.0 Å². The summed E-state index contributed by atoms with van der Waals surface area (Å²) in [5.41, 5.74) is 5.54. The first kappa shape index (κ1) is 17.5. The van der Waals surface area contributed by atoms with Crippen LogP contribution < -0.4 is 0 Å². The maximum Gasteiger partial charge on any atom is 0.146 e. The second kappa shape index (κ2) is 6.84. The van der Waals surface area contributed by atoms with E-state index in [2.05, 4.69) is 30.6 Å².